The average molecular weight is 373 g/mol. The number of aryl methyl sites for hydroxylation is 1. The fraction of sp³-hybridized carbons (Fsp3) is 0.263. The highest BCUT2D eigenvalue weighted by Crippen LogP contribution is 2.41. The van der Waals surface area contributed by atoms with E-state index in [-0.39, 0.29) is 12.0 Å². The van der Waals surface area contributed by atoms with Crippen LogP contribution in [0.4, 0.5) is 0 Å². The monoisotopic (exact) mass is 372 g/mol. The molecule has 4 rings (SSSR count). The SMILES string of the molecule is Cc1cc(Cl)cc(-c2ccnc3ccsc23)c1OC1CCC(=O)NC1. The summed E-state index contributed by atoms with van der Waals surface area (Å²) in [6.45, 7) is 2.53. The van der Waals surface area contributed by atoms with Crippen LogP contribution in [0.3, 0.4) is 0 Å². The van der Waals surface area contributed by atoms with Gasteiger partial charge in [-0.3, -0.25) is 9.78 Å². The number of hydrogen-bond acceptors (Lipinski definition) is 4. The quantitative estimate of drug-likeness (QED) is 0.732. The van der Waals surface area contributed by atoms with E-state index in [2.05, 4.69) is 10.3 Å². The Bertz CT molecular complexity index is 944. The molecule has 3 heterocycles. The van der Waals surface area contributed by atoms with Crippen LogP contribution in [0, 0.1) is 6.92 Å². The number of aromatic nitrogens is 1. The van der Waals surface area contributed by atoms with Gasteiger partial charge in [-0.25, -0.2) is 0 Å². The third-order valence-corrected chi connectivity index (χ3v) is 5.53. The molecule has 1 fully saturated rings. The van der Waals surface area contributed by atoms with Crippen LogP contribution in [0.2, 0.25) is 5.02 Å². The second-order valence-corrected chi connectivity index (χ2v) is 7.53. The molecular formula is C19H17ClN2O2S. The number of piperidine rings is 1. The van der Waals surface area contributed by atoms with E-state index in [0.29, 0.717) is 18.0 Å². The Labute approximate surface area is 154 Å². The van der Waals surface area contributed by atoms with Crippen molar-refractivity contribution in [2.45, 2.75) is 25.9 Å². The lowest BCUT2D eigenvalue weighted by Crippen LogP contribution is -2.41. The molecule has 1 aliphatic rings. The smallest absolute Gasteiger partial charge is 0.220 e. The molecule has 2 aromatic heterocycles. The molecule has 25 heavy (non-hydrogen) atoms. The van der Waals surface area contributed by atoms with Crippen LogP contribution < -0.4 is 10.1 Å². The Balaban J connectivity index is 1.79. The lowest BCUT2D eigenvalue weighted by molar-refractivity contribution is -0.123. The van der Waals surface area contributed by atoms with Crippen LogP contribution >= 0.6 is 22.9 Å². The molecule has 4 nitrogen and oxygen atoms in total. The van der Waals surface area contributed by atoms with Crippen molar-refractivity contribution in [2.75, 3.05) is 6.54 Å². The first-order valence-corrected chi connectivity index (χ1v) is 9.43. The summed E-state index contributed by atoms with van der Waals surface area (Å²) in [5.41, 5.74) is 3.99. The van der Waals surface area contributed by atoms with E-state index >= 15 is 0 Å². The molecule has 1 saturated heterocycles. The minimum absolute atomic E-state index is 0.0306. The van der Waals surface area contributed by atoms with E-state index in [1.807, 2.05) is 42.8 Å². The molecule has 0 radical (unpaired) electrons. The predicted octanol–water partition coefficient (Wildman–Crippen LogP) is 4.58. The summed E-state index contributed by atoms with van der Waals surface area (Å²) < 4.78 is 7.43. The summed E-state index contributed by atoms with van der Waals surface area (Å²) in [5, 5.41) is 5.59. The predicted molar refractivity (Wildman–Crippen MR) is 101 cm³/mol. The number of hydrogen-bond donors (Lipinski definition) is 1. The zero-order valence-electron chi connectivity index (χ0n) is 13.7. The Kier molecular flexibility index (Phi) is 4.36. The van der Waals surface area contributed by atoms with Crippen LogP contribution in [0.25, 0.3) is 21.3 Å². The Morgan fingerprint density at radius 1 is 1.32 bits per heavy atom. The van der Waals surface area contributed by atoms with Crippen LogP contribution in [0.15, 0.2) is 35.8 Å². The largest absolute Gasteiger partial charge is 0.488 e. The molecule has 1 atom stereocenters. The third kappa shape index (κ3) is 3.22. The number of carbonyl (C=O) groups excluding carboxylic acids is 1. The number of benzene rings is 1. The van der Waals surface area contributed by atoms with Gasteiger partial charge in [0, 0.05) is 28.8 Å². The first-order chi connectivity index (χ1) is 12.1. The van der Waals surface area contributed by atoms with Crippen molar-refractivity contribution in [1.82, 2.24) is 10.3 Å². The second kappa shape index (κ2) is 6.65. The molecule has 1 aromatic carbocycles. The number of carbonyl (C=O) groups is 1. The van der Waals surface area contributed by atoms with Crippen molar-refractivity contribution in [3.05, 3.63) is 46.4 Å². The molecule has 0 saturated carbocycles. The molecular weight excluding hydrogens is 356 g/mol. The number of thiophene rings is 1. The number of rotatable bonds is 3. The number of pyridine rings is 1. The number of nitrogens with one attached hydrogen (secondary N) is 1. The van der Waals surface area contributed by atoms with Crippen molar-refractivity contribution >= 4 is 39.1 Å². The highest BCUT2D eigenvalue weighted by Gasteiger charge is 2.22. The normalized spacial score (nSPS) is 17.5. The molecule has 3 aromatic rings. The maximum atomic E-state index is 11.4. The van der Waals surface area contributed by atoms with Gasteiger partial charge in [0.15, 0.2) is 0 Å². The minimum Gasteiger partial charge on any atom is -0.488 e. The molecule has 0 spiro atoms. The van der Waals surface area contributed by atoms with Gasteiger partial charge in [-0.2, -0.15) is 0 Å². The summed E-state index contributed by atoms with van der Waals surface area (Å²) in [6, 6.07) is 7.87. The molecule has 1 amide bonds. The maximum absolute atomic E-state index is 11.4. The van der Waals surface area contributed by atoms with Crippen molar-refractivity contribution in [2.24, 2.45) is 0 Å². The fourth-order valence-corrected chi connectivity index (χ4v) is 4.30. The van der Waals surface area contributed by atoms with E-state index in [1.54, 1.807) is 11.3 Å². The van der Waals surface area contributed by atoms with Crippen molar-refractivity contribution < 1.29 is 9.53 Å². The van der Waals surface area contributed by atoms with Gasteiger partial charge in [0.05, 0.1) is 16.8 Å². The first kappa shape index (κ1) is 16.4. The van der Waals surface area contributed by atoms with Gasteiger partial charge < -0.3 is 10.1 Å². The van der Waals surface area contributed by atoms with Crippen LogP contribution in [-0.2, 0) is 4.79 Å². The Morgan fingerprint density at radius 2 is 2.20 bits per heavy atom. The summed E-state index contributed by atoms with van der Waals surface area (Å²) in [4.78, 5) is 15.8. The molecule has 128 valence electrons. The van der Waals surface area contributed by atoms with Crippen molar-refractivity contribution in [1.29, 1.82) is 0 Å². The minimum atomic E-state index is -0.0306. The zero-order valence-corrected chi connectivity index (χ0v) is 15.3. The lowest BCUT2D eigenvalue weighted by Gasteiger charge is -2.26. The molecule has 1 N–H and O–H groups in total. The highest BCUT2D eigenvalue weighted by atomic mass is 35.5. The summed E-state index contributed by atoms with van der Waals surface area (Å²) in [5.74, 6) is 0.911. The Morgan fingerprint density at radius 3 is 3.00 bits per heavy atom. The molecule has 1 aliphatic heterocycles. The Hall–Kier alpha value is -2.11. The van der Waals surface area contributed by atoms with E-state index in [0.717, 1.165) is 39.1 Å². The third-order valence-electron chi connectivity index (χ3n) is 4.38. The van der Waals surface area contributed by atoms with Gasteiger partial charge in [-0.05, 0) is 48.6 Å². The number of halogens is 1. The number of amides is 1. The highest BCUT2D eigenvalue weighted by molar-refractivity contribution is 7.17. The number of ether oxygens (including phenoxy) is 1. The number of fused-ring (bicyclic) bond motifs is 1. The van der Waals surface area contributed by atoms with Gasteiger partial charge in [0.2, 0.25) is 5.91 Å². The molecule has 0 aliphatic carbocycles. The standard InChI is InChI=1S/C19H17ClN2O2S/c1-11-8-12(20)9-15(14-4-6-21-16-5-7-25-19(14)16)18(11)24-13-2-3-17(23)22-10-13/h4-9,13H,2-3,10H2,1H3,(H,22,23). The second-order valence-electron chi connectivity index (χ2n) is 6.18. The van der Waals surface area contributed by atoms with E-state index in [1.165, 1.54) is 0 Å². The first-order valence-electron chi connectivity index (χ1n) is 8.18. The van der Waals surface area contributed by atoms with Crippen LogP contribution in [0.5, 0.6) is 5.75 Å². The van der Waals surface area contributed by atoms with Crippen LogP contribution in [-0.4, -0.2) is 23.5 Å². The number of nitrogens with zero attached hydrogens (tertiary/aromatic N) is 1. The van der Waals surface area contributed by atoms with Gasteiger partial charge in [0.1, 0.15) is 11.9 Å². The van der Waals surface area contributed by atoms with Crippen molar-refractivity contribution in [3.8, 4) is 16.9 Å². The van der Waals surface area contributed by atoms with E-state index in [9.17, 15) is 4.79 Å². The summed E-state index contributed by atoms with van der Waals surface area (Å²) >= 11 is 7.99. The van der Waals surface area contributed by atoms with E-state index in [4.69, 9.17) is 16.3 Å². The summed E-state index contributed by atoms with van der Waals surface area (Å²) in [6.07, 6.45) is 3.00. The average Bonchev–Trinajstić information content (AvgIpc) is 3.07. The lowest BCUT2D eigenvalue weighted by atomic mass is 10.0. The van der Waals surface area contributed by atoms with Gasteiger partial charge in [-0.1, -0.05) is 11.6 Å². The molecule has 1 unspecified atom stereocenters. The topological polar surface area (TPSA) is 51.2 Å². The molecule has 0 bridgehead atoms. The summed E-state index contributed by atoms with van der Waals surface area (Å²) in [7, 11) is 0. The zero-order chi connectivity index (χ0) is 17.4. The van der Waals surface area contributed by atoms with E-state index < -0.39 is 0 Å². The van der Waals surface area contributed by atoms with Gasteiger partial charge >= 0.3 is 0 Å². The molecule has 6 heteroatoms. The maximum Gasteiger partial charge on any atom is 0.220 e. The van der Waals surface area contributed by atoms with Gasteiger partial charge in [-0.15, -0.1) is 11.3 Å². The van der Waals surface area contributed by atoms with Crippen molar-refractivity contribution in [3.63, 3.8) is 0 Å². The van der Waals surface area contributed by atoms with Gasteiger partial charge in [0.25, 0.3) is 0 Å². The van der Waals surface area contributed by atoms with Crippen LogP contribution in [0.1, 0.15) is 18.4 Å². The fourth-order valence-electron chi connectivity index (χ4n) is 3.15.